The lowest BCUT2D eigenvalue weighted by Crippen LogP contribution is -1.98. The highest BCUT2D eigenvalue weighted by molar-refractivity contribution is 5.49. The van der Waals surface area contributed by atoms with Crippen LogP contribution in [0.4, 0.5) is 0 Å². The van der Waals surface area contributed by atoms with Crippen molar-refractivity contribution >= 4 is 0 Å². The van der Waals surface area contributed by atoms with Gasteiger partial charge in [-0.1, -0.05) is 6.07 Å². The number of hydrogen-bond donors (Lipinski definition) is 2. The molecule has 0 aliphatic carbocycles. The summed E-state index contributed by atoms with van der Waals surface area (Å²) < 4.78 is 0. The van der Waals surface area contributed by atoms with Gasteiger partial charge in [-0.3, -0.25) is 4.98 Å². The Hall–Kier alpha value is -1.68. The van der Waals surface area contributed by atoms with Crippen molar-refractivity contribution in [1.82, 2.24) is 15.0 Å². The standard InChI is InChI=1S/C10H12N4/c1-7-9(6-11)14-10(13-7)8-4-2-3-5-12-8/h2-5H,6,11H2,1H3,(H,13,14). The SMILES string of the molecule is Cc1[nH]c(-c2ccccn2)nc1CN. The lowest BCUT2D eigenvalue weighted by Gasteiger charge is -1.92. The Morgan fingerprint density at radius 1 is 1.43 bits per heavy atom. The van der Waals surface area contributed by atoms with Gasteiger partial charge in [0.15, 0.2) is 5.82 Å². The van der Waals surface area contributed by atoms with E-state index in [9.17, 15) is 0 Å². The maximum absolute atomic E-state index is 5.54. The molecule has 72 valence electrons. The van der Waals surface area contributed by atoms with Crippen LogP contribution in [0.3, 0.4) is 0 Å². The molecule has 0 aromatic carbocycles. The number of aromatic nitrogens is 3. The Balaban J connectivity index is 2.43. The van der Waals surface area contributed by atoms with Crippen molar-refractivity contribution in [1.29, 1.82) is 0 Å². The molecule has 0 saturated heterocycles. The smallest absolute Gasteiger partial charge is 0.156 e. The van der Waals surface area contributed by atoms with Crippen molar-refractivity contribution < 1.29 is 0 Å². The number of H-pyrrole nitrogens is 1. The predicted octanol–water partition coefficient (Wildman–Crippen LogP) is 1.24. The largest absolute Gasteiger partial charge is 0.341 e. The second-order valence-corrected chi connectivity index (χ2v) is 3.08. The number of pyridine rings is 1. The van der Waals surface area contributed by atoms with E-state index < -0.39 is 0 Å². The fraction of sp³-hybridized carbons (Fsp3) is 0.200. The molecule has 0 atom stereocenters. The maximum atomic E-state index is 5.54. The molecule has 14 heavy (non-hydrogen) atoms. The molecule has 3 N–H and O–H groups in total. The Morgan fingerprint density at radius 2 is 2.29 bits per heavy atom. The Kier molecular flexibility index (Phi) is 2.28. The van der Waals surface area contributed by atoms with Crippen LogP contribution in [0.25, 0.3) is 11.5 Å². The Bertz CT molecular complexity index is 419. The molecule has 0 saturated carbocycles. The molecule has 4 heteroatoms. The van der Waals surface area contributed by atoms with Gasteiger partial charge in [-0.05, 0) is 19.1 Å². The van der Waals surface area contributed by atoms with Crippen LogP contribution < -0.4 is 5.73 Å². The third-order valence-corrected chi connectivity index (χ3v) is 2.09. The zero-order valence-electron chi connectivity index (χ0n) is 7.99. The average molecular weight is 188 g/mol. The van der Waals surface area contributed by atoms with Crippen molar-refractivity contribution in [3.63, 3.8) is 0 Å². The van der Waals surface area contributed by atoms with Gasteiger partial charge in [-0.15, -0.1) is 0 Å². The maximum Gasteiger partial charge on any atom is 0.156 e. The van der Waals surface area contributed by atoms with E-state index in [0.717, 1.165) is 22.9 Å². The van der Waals surface area contributed by atoms with E-state index in [-0.39, 0.29) is 0 Å². The van der Waals surface area contributed by atoms with Crippen LogP contribution in [0.2, 0.25) is 0 Å². The summed E-state index contributed by atoms with van der Waals surface area (Å²) >= 11 is 0. The van der Waals surface area contributed by atoms with Crippen LogP contribution in [0, 0.1) is 6.92 Å². The first-order chi connectivity index (χ1) is 6.81. The van der Waals surface area contributed by atoms with Crippen molar-refractivity contribution in [3.8, 4) is 11.5 Å². The molecule has 0 aliphatic rings. The normalized spacial score (nSPS) is 10.4. The first-order valence-electron chi connectivity index (χ1n) is 4.48. The Labute approximate surface area is 82.2 Å². The van der Waals surface area contributed by atoms with Gasteiger partial charge in [0.1, 0.15) is 5.69 Å². The van der Waals surface area contributed by atoms with Gasteiger partial charge >= 0.3 is 0 Å². The summed E-state index contributed by atoms with van der Waals surface area (Å²) in [5.74, 6) is 0.781. The van der Waals surface area contributed by atoms with E-state index in [1.807, 2.05) is 25.1 Å². The van der Waals surface area contributed by atoms with E-state index in [1.54, 1.807) is 6.20 Å². The lowest BCUT2D eigenvalue weighted by atomic mass is 10.3. The van der Waals surface area contributed by atoms with Crippen molar-refractivity contribution in [2.45, 2.75) is 13.5 Å². The lowest BCUT2D eigenvalue weighted by molar-refractivity contribution is 0.992. The van der Waals surface area contributed by atoms with Gasteiger partial charge in [0.05, 0.1) is 5.69 Å². The molecular weight excluding hydrogens is 176 g/mol. The van der Waals surface area contributed by atoms with Gasteiger partial charge in [0.25, 0.3) is 0 Å². The van der Waals surface area contributed by atoms with Crippen molar-refractivity contribution in [2.24, 2.45) is 5.73 Å². The second-order valence-electron chi connectivity index (χ2n) is 3.08. The highest BCUT2D eigenvalue weighted by Crippen LogP contribution is 2.14. The third kappa shape index (κ3) is 1.52. The molecule has 2 heterocycles. The zero-order valence-corrected chi connectivity index (χ0v) is 7.99. The number of aryl methyl sites for hydroxylation is 1. The van der Waals surface area contributed by atoms with E-state index in [0.29, 0.717) is 6.54 Å². The van der Waals surface area contributed by atoms with Crippen LogP contribution in [0.1, 0.15) is 11.4 Å². The molecule has 0 radical (unpaired) electrons. The fourth-order valence-electron chi connectivity index (χ4n) is 1.32. The minimum Gasteiger partial charge on any atom is -0.341 e. The molecule has 0 spiro atoms. The van der Waals surface area contributed by atoms with Crippen LogP contribution in [0.5, 0.6) is 0 Å². The number of nitrogens with two attached hydrogens (primary N) is 1. The predicted molar refractivity (Wildman–Crippen MR) is 54.4 cm³/mol. The molecule has 4 nitrogen and oxygen atoms in total. The highest BCUT2D eigenvalue weighted by Gasteiger charge is 2.06. The Morgan fingerprint density at radius 3 is 2.86 bits per heavy atom. The topological polar surface area (TPSA) is 67.6 Å². The summed E-state index contributed by atoms with van der Waals surface area (Å²) in [4.78, 5) is 11.7. The number of imidazole rings is 1. The average Bonchev–Trinajstić information content (AvgIpc) is 2.61. The molecular formula is C10H12N4. The van der Waals surface area contributed by atoms with E-state index in [2.05, 4.69) is 15.0 Å². The summed E-state index contributed by atoms with van der Waals surface area (Å²) in [6.45, 7) is 2.41. The minimum atomic E-state index is 0.454. The highest BCUT2D eigenvalue weighted by atomic mass is 15.0. The quantitative estimate of drug-likeness (QED) is 0.745. The van der Waals surface area contributed by atoms with Gasteiger partial charge in [-0.25, -0.2) is 4.98 Å². The number of hydrogen-bond acceptors (Lipinski definition) is 3. The van der Waals surface area contributed by atoms with E-state index in [1.165, 1.54) is 0 Å². The summed E-state index contributed by atoms with van der Waals surface area (Å²) in [5, 5.41) is 0. The monoisotopic (exact) mass is 188 g/mol. The molecule has 0 bridgehead atoms. The first-order valence-corrected chi connectivity index (χ1v) is 4.48. The van der Waals surface area contributed by atoms with Crippen LogP contribution in [0.15, 0.2) is 24.4 Å². The molecule has 0 amide bonds. The molecule has 0 aliphatic heterocycles. The summed E-state index contributed by atoms with van der Waals surface area (Å²) in [6, 6.07) is 5.73. The van der Waals surface area contributed by atoms with Crippen molar-refractivity contribution in [2.75, 3.05) is 0 Å². The van der Waals surface area contributed by atoms with Crippen molar-refractivity contribution in [3.05, 3.63) is 35.8 Å². The van der Waals surface area contributed by atoms with Gasteiger partial charge in [-0.2, -0.15) is 0 Å². The van der Waals surface area contributed by atoms with Gasteiger partial charge in [0.2, 0.25) is 0 Å². The fourth-order valence-corrected chi connectivity index (χ4v) is 1.32. The molecule has 0 fully saturated rings. The molecule has 2 aromatic heterocycles. The van der Waals surface area contributed by atoms with E-state index in [4.69, 9.17) is 5.73 Å². The molecule has 0 unspecified atom stereocenters. The first kappa shape index (κ1) is 8.90. The third-order valence-electron chi connectivity index (χ3n) is 2.09. The number of aromatic amines is 1. The summed E-state index contributed by atoms with van der Waals surface area (Å²) in [7, 11) is 0. The number of nitrogens with one attached hydrogen (secondary N) is 1. The molecule has 2 rings (SSSR count). The summed E-state index contributed by atoms with van der Waals surface area (Å²) in [5.41, 5.74) is 8.28. The van der Waals surface area contributed by atoms with E-state index >= 15 is 0 Å². The van der Waals surface area contributed by atoms with Gasteiger partial charge in [0, 0.05) is 18.4 Å². The second kappa shape index (κ2) is 3.59. The summed E-state index contributed by atoms with van der Waals surface area (Å²) in [6.07, 6.45) is 1.75. The zero-order chi connectivity index (χ0) is 9.97. The number of rotatable bonds is 2. The van der Waals surface area contributed by atoms with Crippen LogP contribution in [-0.4, -0.2) is 15.0 Å². The number of nitrogens with zero attached hydrogens (tertiary/aromatic N) is 2. The van der Waals surface area contributed by atoms with Crippen LogP contribution >= 0.6 is 0 Å². The van der Waals surface area contributed by atoms with Crippen LogP contribution in [-0.2, 0) is 6.54 Å². The minimum absolute atomic E-state index is 0.454. The van der Waals surface area contributed by atoms with Gasteiger partial charge < -0.3 is 10.7 Å². The molecule has 2 aromatic rings.